The molecule has 0 bridgehead atoms. The number of methoxy groups -OCH3 is 1. The Labute approximate surface area is 126 Å². The molecule has 0 aromatic heterocycles. The van der Waals surface area contributed by atoms with Crippen LogP contribution in [0.25, 0.3) is 0 Å². The number of ether oxygens (including phenoxy) is 1. The van der Waals surface area contributed by atoms with Crippen LogP contribution in [0.5, 0.6) is 5.75 Å². The maximum Gasteiger partial charge on any atom is 0.137 e. The van der Waals surface area contributed by atoms with Gasteiger partial charge in [0.2, 0.25) is 0 Å². The normalized spacial score (nSPS) is 25.1. The minimum Gasteiger partial charge on any atom is -0.495 e. The van der Waals surface area contributed by atoms with Gasteiger partial charge in [-0.25, -0.2) is 0 Å². The van der Waals surface area contributed by atoms with Crippen molar-refractivity contribution in [3.8, 4) is 5.75 Å². The SMILES string of the molecule is COc1ccc(N2CC3(CCCC3)NCC2C)cc1Cl. The number of nitrogens with one attached hydrogen (secondary N) is 1. The second-order valence-corrected chi connectivity index (χ2v) is 6.57. The van der Waals surface area contributed by atoms with Crippen LogP contribution in [-0.4, -0.2) is 31.8 Å². The van der Waals surface area contributed by atoms with E-state index in [9.17, 15) is 0 Å². The molecule has 1 aliphatic heterocycles. The fourth-order valence-corrected chi connectivity index (χ4v) is 3.83. The first-order valence-electron chi connectivity index (χ1n) is 7.49. The number of piperazine rings is 1. The average Bonchev–Trinajstić information content (AvgIpc) is 2.90. The topological polar surface area (TPSA) is 24.5 Å². The van der Waals surface area contributed by atoms with Gasteiger partial charge in [0.15, 0.2) is 0 Å². The molecule has 1 aliphatic carbocycles. The molecular formula is C16H23ClN2O. The maximum absolute atomic E-state index is 6.28. The minimum atomic E-state index is 0.318. The molecule has 1 saturated heterocycles. The Hall–Kier alpha value is -0.930. The van der Waals surface area contributed by atoms with Gasteiger partial charge < -0.3 is 15.0 Å². The predicted molar refractivity (Wildman–Crippen MR) is 84.0 cm³/mol. The summed E-state index contributed by atoms with van der Waals surface area (Å²) in [5.41, 5.74) is 1.52. The average molecular weight is 295 g/mol. The van der Waals surface area contributed by atoms with Gasteiger partial charge in [-0.1, -0.05) is 24.4 Å². The predicted octanol–water partition coefficient (Wildman–Crippen LogP) is 3.46. The summed E-state index contributed by atoms with van der Waals surface area (Å²) in [5.74, 6) is 0.744. The maximum atomic E-state index is 6.28. The molecule has 0 radical (unpaired) electrons. The van der Waals surface area contributed by atoms with Crippen molar-refractivity contribution in [3.63, 3.8) is 0 Å². The van der Waals surface area contributed by atoms with Crippen LogP contribution in [-0.2, 0) is 0 Å². The summed E-state index contributed by atoms with van der Waals surface area (Å²) in [6.07, 6.45) is 5.28. The third kappa shape index (κ3) is 2.49. The van der Waals surface area contributed by atoms with Gasteiger partial charge in [-0.15, -0.1) is 0 Å². The molecule has 20 heavy (non-hydrogen) atoms. The van der Waals surface area contributed by atoms with Crippen molar-refractivity contribution in [2.24, 2.45) is 0 Å². The lowest BCUT2D eigenvalue weighted by Gasteiger charge is -2.46. The summed E-state index contributed by atoms with van der Waals surface area (Å²) in [7, 11) is 1.65. The van der Waals surface area contributed by atoms with Crippen molar-refractivity contribution in [1.29, 1.82) is 0 Å². The van der Waals surface area contributed by atoms with Gasteiger partial charge in [-0.3, -0.25) is 0 Å². The van der Waals surface area contributed by atoms with Crippen molar-refractivity contribution < 1.29 is 4.74 Å². The molecule has 1 aromatic rings. The van der Waals surface area contributed by atoms with E-state index in [1.807, 2.05) is 12.1 Å². The zero-order valence-corrected chi connectivity index (χ0v) is 13.0. The molecule has 0 amide bonds. The van der Waals surface area contributed by atoms with E-state index in [0.29, 0.717) is 16.6 Å². The van der Waals surface area contributed by atoms with E-state index in [2.05, 4.69) is 23.2 Å². The summed E-state index contributed by atoms with van der Waals surface area (Å²) in [6.45, 7) is 4.40. The van der Waals surface area contributed by atoms with Gasteiger partial charge in [0, 0.05) is 30.4 Å². The first-order valence-corrected chi connectivity index (χ1v) is 7.87. The zero-order chi connectivity index (χ0) is 14.2. The van der Waals surface area contributed by atoms with Crippen molar-refractivity contribution in [2.75, 3.05) is 25.1 Å². The number of hydrogen-bond donors (Lipinski definition) is 1. The van der Waals surface area contributed by atoms with E-state index in [1.54, 1.807) is 7.11 Å². The summed E-state index contributed by atoms with van der Waals surface area (Å²) in [5, 5.41) is 4.47. The lowest BCUT2D eigenvalue weighted by Crippen LogP contribution is -2.62. The lowest BCUT2D eigenvalue weighted by atomic mass is 9.92. The van der Waals surface area contributed by atoms with Gasteiger partial charge in [0.05, 0.1) is 12.1 Å². The molecule has 1 unspecified atom stereocenters. The number of rotatable bonds is 2. The van der Waals surface area contributed by atoms with Crippen LogP contribution in [0.15, 0.2) is 18.2 Å². The number of nitrogens with zero attached hydrogens (tertiary/aromatic N) is 1. The number of benzene rings is 1. The van der Waals surface area contributed by atoms with E-state index in [1.165, 1.54) is 31.4 Å². The third-order valence-electron chi connectivity index (χ3n) is 4.81. The molecular weight excluding hydrogens is 272 g/mol. The van der Waals surface area contributed by atoms with Gasteiger partial charge >= 0.3 is 0 Å². The second-order valence-electron chi connectivity index (χ2n) is 6.16. The summed E-state index contributed by atoms with van der Waals surface area (Å²) in [6, 6.07) is 6.61. The Morgan fingerprint density at radius 1 is 1.35 bits per heavy atom. The van der Waals surface area contributed by atoms with Gasteiger partial charge in [-0.2, -0.15) is 0 Å². The molecule has 1 aromatic carbocycles. The van der Waals surface area contributed by atoms with Gasteiger partial charge in [0.1, 0.15) is 5.75 Å². The van der Waals surface area contributed by atoms with Crippen LogP contribution >= 0.6 is 11.6 Å². The van der Waals surface area contributed by atoms with Crippen LogP contribution in [0.1, 0.15) is 32.6 Å². The highest BCUT2D eigenvalue weighted by atomic mass is 35.5. The standard InChI is InChI=1S/C16H23ClN2O/c1-12-10-18-16(7-3-4-8-16)11-19(12)13-5-6-15(20-2)14(17)9-13/h5-6,9,12,18H,3-4,7-8,10-11H2,1-2H3. The molecule has 2 fully saturated rings. The fourth-order valence-electron chi connectivity index (χ4n) is 3.58. The van der Waals surface area contributed by atoms with E-state index < -0.39 is 0 Å². The number of hydrogen-bond acceptors (Lipinski definition) is 3. The molecule has 1 heterocycles. The Morgan fingerprint density at radius 3 is 2.75 bits per heavy atom. The number of halogens is 1. The molecule has 4 heteroatoms. The molecule has 3 nitrogen and oxygen atoms in total. The minimum absolute atomic E-state index is 0.318. The van der Waals surface area contributed by atoms with Gasteiger partial charge in [-0.05, 0) is 38.0 Å². The first-order chi connectivity index (χ1) is 9.63. The van der Waals surface area contributed by atoms with Gasteiger partial charge in [0.25, 0.3) is 0 Å². The van der Waals surface area contributed by atoms with E-state index >= 15 is 0 Å². The molecule has 1 atom stereocenters. The number of anilines is 1. The molecule has 1 spiro atoms. The Bertz CT molecular complexity index is 485. The molecule has 110 valence electrons. The van der Waals surface area contributed by atoms with E-state index in [-0.39, 0.29) is 0 Å². The van der Waals surface area contributed by atoms with Crippen molar-refractivity contribution >= 4 is 17.3 Å². The Balaban J connectivity index is 1.85. The van der Waals surface area contributed by atoms with Crippen LogP contribution in [0.2, 0.25) is 5.02 Å². The molecule has 2 aliphatic rings. The molecule has 3 rings (SSSR count). The third-order valence-corrected chi connectivity index (χ3v) is 5.10. The highest BCUT2D eigenvalue weighted by Crippen LogP contribution is 2.36. The van der Waals surface area contributed by atoms with Crippen LogP contribution < -0.4 is 15.0 Å². The van der Waals surface area contributed by atoms with E-state index in [4.69, 9.17) is 16.3 Å². The summed E-state index contributed by atoms with van der Waals surface area (Å²) < 4.78 is 5.24. The Kier molecular flexibility index (Phi) is 3.83. The van der Waals surface area contributed by atoms with Crippen molar-refractivity contribution in [2.45, 2.75) is 44.2 Å². The zero-order valence-electron chi connectivity index (χ0n) is 12.3. The quantitative estimate of drug-likeness (QED) is 0.904. The van der Waals surface area contributed by atoms with Crippen LogP contribution in [0.4, 0.5) is 5.69 Å². The van der Waals surface area contributed by atoms with E-state index in [0.717, 1.165) is 18.8 Å². The molecule has 1 N–H and O–H groups in total. The van der Waals surface area contributed by atoms with Crippen molar-refractivity contribution in [1.82, 2.24) is 5.32 Å². The largest absolute Gasteiger partial charge is 0.495 e. The Morgan fingerprint density at radius 2 is 2.10 bits per heavy atom. The second kappa shape index (κ2) is 5.45. The monoisotopic (exact) mass is 294 g/mol. The highest BCUT2D eigenvalue weighted by molar-refractivity contribution is 6.32. The first kappa shape index (κ1) is 14.0. The lowest BCUT2D eigenvalue weighted by molar-refractivity contribution is 0.276. The van der Waals surface area contributed by atoms with Crippen LogP contribution in [0.3, 0.4) is 0 Å². The van der Waals surface area contributed by atoms with Crippen LogP contribution in [0, 0.1) is 0 Å². The fraction of sp³-hybridized carbons (Fsp3) is 0.625. The summed E-state index contributed by atoms with van der Waals surface area (Å²) >= 11 is 6.28. The smallest absolute Gasteiger partial charge is 0.137 e. The molecule has 1 saturated carbocycles. The van der Waals surface area contributed by atoms with Crippen molar-refractivity contribution in [3.05, 3.63) is 23.2 Å². The summed E-state index contributed by atoms with van der Waals surface area (Å²) in [4.78, 5) is 2.49. The highest BCUT2D eigenvalue weighted by Gasteiger charge is 2.40.